The van der Waals surface area contributed by atoms with Crippen LogP contribution in [0.3, 0.4) is 0 Å². The van der Waals surface area contributed by atoms with Gasteiger partial charge in [-0.15, -0.1) is 0 Å². The van der Waals surface area contributed by atoms with Crippen LogP contribution in [0.5, 0.6) is 0 Å². The molecule has 2 bridgehead atoms. The summed E-state index contributed by atoms with van der Waals surface area (Å²) in [4.78, 5) is 26.7. The Morgan fingerprint density at radius 1 is 0.955 bits per heavy atom. The number of carbonyl (C=O) groups is 2. The second kappa shape index (κ2) is 4.98. The topological polar surface area (TPSA) is 49.4 Å². The molecule has 2 aromatic carbocycles. The Kier molecular flexibility index (Phi) is 2.96. The summed E-state index contributed by atoms with van der Waals surface area (Å²) in [5, 5.41) is 5.02. The normalized spacial score (nSPS) is 25.7. The lowest BCUT2D eigenvalue weighted by molar-refractivity contribution is -0.133. The van der Waals surface area contributed by atoms with Crippen LogP contribution < -0.4 is 10.2 Å². The van der Waals surface area contributed by atoms with E-state index in [9.17, 15) is 9.59 Å². The third-order valence-electron chi connectivity index (χ3n) is 4.38. The lowest BCUT2D eigenvalue weighted by Crippen LogP contribution is -2.64. The predicted molar refractivity (Wildman–Crippen MR) is 85.5 cm³/mol. The second-order valence-electron chi connectivity index (χ2n) is 5.76. The van der Waals surface area contributed by atoms with Crippen molar-refractivity contribution in [2.24, 2.45) is 0 Å². The van der Waals surface area contributed by atoms with Crippen LogP contribution in [0.1, 0.15) is 12.8 Å². The van der Waals surface area contributed by atoms with Gasteiger partial charge < -0.3 is 5.32 Å². The van der Waals surface area contributed by atoms with Crippen LogP contribution in [-0.2, 0) is 9.59 Å². The Bertz CT molecular complexity index is 797. The first-order chi connectivity index (χ1) is 10.7. The van der Waals surface area contributed by atoms with Gasteiger partial charge in [0.15, 0.2) is 0 Å². The van der Waals surface area contributed by atoms with E-state index in [1.807, 2.05) is 54.6 Å². The molecule has 1 fully saturated rings. The summed E-state index contributed by atoms with van der Waals surface area (Å²) in [6.07, 6.45) is 5.09. The van der Waals surface area contributed by atoms with Crippen molar-refractivity contribution in [3.05, 3.63) is 54.6 Å². The monoisotopic (exact) mass is 292 g/mol. The van der Waals surface area contributed by atoms with E-state index in [0.29, 0.717) is 12.8 Å². The van der Waals surface area contributed by atoms with Gasteiger partial charge in [0.25, 0.3) is 5.91 Å². The lowest BCUT2D eigenvalue weighted by atomic mass is 9.97. The van der Waals surface area contributed by atoms with Gasteiger partial charge in [0.05, 0.1) is 0 Å². The number of piperazine rings is 1. The summed E-state index contributed by atoms with van der Waals surface area (Å²) < 4.78 is 0. The molecule has 1 saturated heterocycles. The lowest BCUT2D eigenvalue weighted by Gasteiger charge is -2.39. The molecule has 1 N–H and O–H groups in total. The number of anilines is 1. The van der Waals surface area contributed by atoms with E-state index in [1.165, 1.54) is 0 Å². The maximum absolute atomic E-state index is 12.7. The first-order valence-corrected chi connectivity index (χ1v) is 7.51. The third kappa shape index (κ3) is 1.99. The van der Waals surface area contributed by atoms with Gasteiger partial charge in [-0.05, 0) is 35.7 Å². The number of nitrogens with one attached hydrogen (secondary N) is 1. The van der Waals surface area contributed by atoms with Crippen LogP contribution in [0.2, 0.25) is 0 Å². The molecule has 3 aliphatic heterocycles. The average molecular weight is 292 g/mol. The zero-order chi connectivity index (χ0) is 15.1. The summed E-state index contributed by atoms with van der Waals surface area (Å²) >= 11 is 0. The Labute approximate surface area is 128 Å². The molecule has 4 nitrogen and oxygen atoms in total. The van der Waals surface area contributed by atoms with Crippen LogP contribution >= 0.6 is 0 Å². The van der Waals surface area contributed by atoms with Crippen LogP contribution in [0.25, 0.3) is 10.8 Å². The summed E-state index contributed by atoms with van der Waals surface area (Å²) in [6.45, 7) is 0. The Hall–Kier alpha value is -2.62. The second-order valence-corrected chi connectivity index (χ2v) is 5.76. The van der Waals surface area contributed by atoms with Crippen molar-refractivity contribution >= 4 is 28.3 Å². The minimum Gasteiger partial charge on any atom is -0.342 e. The standard InChI is InChI=1S/C18H16N2O2/c21-17-16-8-4-3-7-15(19-17)18(22)20(16)14-10-9-12-5-1-2-6-13(12)11-14/h1-6,9-11,15-16H,7-8H2,(H,19,21)/b4-3-/t15-,16-/m0/s1. The van der Waals surface area contributed by atoms with Crippen molar-refractivity contribution in [3.63, 3.8) is 0 Å². The minimum absolute atomic E-state index is 0.0239. The molecule has 4 heteroatoms. The maximum atomic E-state index is 12.7. The van der Waals surface area contributed by atoms with Crippen molar-refractivity contribution in [2.75, 3.05) is 4.90 Å². The summed E-state index contributed by atoms with van der Waals surface area (Å²) in [5.41, 5.74) is 0.795. The first-order valence-electron chi connectivity index (χ1n) is 7.51. The minimum atomic E-state index is -0.457. The highest BCUT2D eigenvalue weighted by Gasteiger charge is 2.41. The molecule has 0 aromatic heterocycles. The highest BCUT2D eigenvalue weighted by molar-refractivity contribution is 6.09. The molecule has 3 heterocycles. The molecule has 0 radical (unpaired) electrons. The molecular formula is C18H16N2O2. The summed E-state index contributed by atoms with van der Waals surface area (Å²) in [7, 11) is 0. The fourth-order valence-corrected chi connectivity index (χ4v) is 3.23. The van der Waals surface area contributed by atoms with Crippen molar-refractivity contribution in [1.29, 1.82) is 0 Å². The van der Waals surface area contributed by atoms with E-state index in [2.05, 4.69) is 5.32 Å². The molecule has 0 aliphatic carbocycles. The van der Waals surface area contributed by atoms with Crippen LogP contribution in [0.4, 0.5) is 5.69 Å². The maximum Gasteiger partial charge on any atom is 0.250 e. The van der Waals surface area contributed by atoms with Crippen molar-refractivity contribution in [1.82, 2.24) is 5.32 Å². The molecule has 2 amide bonds. The van der Waals surface area contributed by atoms with Crippen molar-refractivity contribution in [2.45, 2.75) is 24.9 Å². The smallest absolute Gasteiger partial charge is 0.250 e. The number of nitrogens with zero attached hydrogens (tertiary/aromatic N) is 1. The van der Waals surface area contributed by atoms with Gasteiger partial charge >= 0.3 is 0 Å². The van der Waals surface area contributed by atoms with Crippen LogP contribution in [0, 0.1) is 0 Å². The molecule has 3 aliphatic rings. The highest BCUT2D eigenvalue weighted by atomic mass is 16.2. The van der Waals surface area contributed by atoms with E-state index in [1.54, 1.807) is 4.90 Å². The number of carbonyl (C=O) groups excluding carboxylic acids is 2. The number of benzene rings is 2. The number of hydrogen-bond donors (Lipinski definition) is 1. The van der Waals surface area contributed by atoms with E-state index in [0.717, 1.165) is 16.5 Å². The third-order valence-corrected chi connectivity index (χ3v) is 4.38. The molecule has 2 aromatic rings. The van der Waals surface area contributed by atoms with E-state index >= 15 is 0 Å². The van der Waals surface area contributed by atoms with Gasteiger partial charge in [-0.1, -0.05) is 42.5 Å². The molecule has 0 unspecified atom stereocenters. The first kappa shape index (κ1) is 13.1. The molecule has 110 valence electrons. The zero-order valence-electron chi connectivity index (χ0n) is 12.0. The SMILES string of the molecule is O=C1N[C@H]2C/C=C\C[C@@H]1N(c1ccc3ccccc3c1)C2=O. The average Bonchev–Trinajstić information content (AvgIpc) is 2.52. The van der Waals surface area contributed by atoms with Gasteiger partial charge in [0.2, 0.25) is 5.91 Å². The van der Waals surface area contributed by atoms with E-state index in [4.69, 9.17) is 0 Å². The van der Waals surface area contributed by atoms with Gasteiger partial charge in [0, 0.05) is 5.69 Å². The molecule has 5 rings (SSSR count). The van der Waals surface area contributed by atoms with Gasteiger partial charge in [-0.2, -0.15) is 0 Å². The quantitative estimate of drug-likeness (QED) is 0.820. The largest absolute Gasteiger partial charge is 0.342 e. The van der Waals surface area contributed by atoms with E-state index in [-0.39, 0.29) is 11.8 Å². The fraction of sp³-hybridized carbons (Fsp3) is 0.222. The van der Waals surface area contributed by atoms with Gasteiger partial charge in [0.1, 0.15) is 12.1 Å². The molecular weight excluding hydrogens is 276 g/mol. The molecule has 0 spiro atoms. The van der Waals surface area contributed by atoms with Gasteiger partial charge in [-0.3, -0.25) is 14.5 Å². The summed E-state index contributed by atoms with van der Waals surface area (Å²) in [5.74, 6) is -0.0914. The molecule has 0 saturated carbocycles. The van der Waals surface area contributed by atoms with Crippen LogP contribution in [0.15, 0.2) is 54.6 Å². The Balaban J connectivity index is 1.83. The van der Waals surface area contributed by atoms with Crippen molar-refractivity contribution in [3.8, 4) is 0 Å². The number of amides is 2. The van der Waals surface area contributed by atoms with Crippen LogP contribution in [-0.4, -0.2) is 23.9 Å². The van der Waals surface area contributed by atoms with Crippen molar-refractivity contribution < 1.29 is 9.59 Å². The molecule has 22 heavy (non-hydrogen) atoms. The fourth-order valence-electron chi connectivity index (χ4n) is 3.23. The Morgan fingerprint density at radius 3 is 2.59 bits per heavy atom. The van der Waals surface area contributed by atoms with Gasteiger partial charge in [-0.25, -0.2) is 0 Å². The number of fused-ring (bicyclic) bond motifs is 5. The van der Waals surface area contributed by atoms with E-state index < -0.39 is 12.1 Å². The number of hydrogen-bond acceptors (Lipinski definition) is 2. The number of rotatable bonds is 1. The Morgan fingerprint density at radius 2 is 1.73 bits per heavy atom. The molecule has 2 atom stereocenters. The summed E-state index contributed by atoms with van der Waals surface area (Å²) in [6, 6.07) is 13.0. The predicted octanol–water partition coefficient (Wildman–Crippen LogP) is 2.39. The zero-order valence-corrected chi connectivity index (χ0v) is 12.0. The highest BCUT2D eigenvalue weighted by Crippen LogP contribution is 2.29.